The quantitative estimate of drug-likeness (QED) is 0.743. The SMILES string of the molecule is Cn1ccnc1SCc1ccc(F)cc1. The molecule has 2 aromatic rings. The number of hydrogen-bond donors (Lipinski definition) is 0. The fourth-order valence-corrected chi connectivity index (χ4v) is 2.11. The van der Waals surface area contributed by atoms with Crippen molar-refractivity contribution in [2.75, 3.05) is 0 Å². The maximum Gasteiger partial charge on any atom is 0.167 e. The lowest BCUT2D eigenvalue weighted by Crippen LogP contribution is -1.89. The zero-order valence-electron chi connectivity index (χ0n) is 8.35. The van der Waals surface area contributed by atoms with Gasteiger partial charge in [-0.15, -0.1) is 0 Å². The molecule has 0 atom stereocenters. The monoisotopic (exact) mass is 222 g/mol. The summed E-state index contributed by atoms with van der Waals surface area (Å²) < 4.78 is 14.6. The van der Waals surface area contributed by atoms with E-state index in [0.717, 1.165) is 16.5 Å². The maximum absolute atomic E-state index is 12.6. The second-order valence-electron chi connectivity index (χ2n) is 3.24. The number of thioether (sulfide) groups is 1. The number of benzene rings is 1. The fourth-order valence-electron chi connectivity index (χ4n) is 1.22. The lowest BCUT2D eigenvalue weighted by Gasteiger charge is -2.01. The van der Waals surface area contributed by atoms with Crippen molar-refractivity contribution in [3.8, 4) is 0 Å². The second kappa shape index (κ2) is 4.49. The van der Waals surface area contributed by atoms with Crippen LogP contribution in [0.4, 0.5) is 4.39 Å². The van der Waals surface area contributed by atoms with Crippen molar-refractivity contribution in [3.05, 3.63) is 48.0 Å². The number of aryl methyl sites for hydroxylation is 1. The first-order chi connectivity index (χ1) is 7.25. The van der Waals surface area contributed by atoms with E-state index in [1.165, 1.54) is 12.1 Å². The first kappa shape index (κ1) is 10.2. The Morgan fingerprint density at radius 2 is 2.07 bits per heavy atom. The largest absolute Gasteiger partial charge is 0.329 e. The van der Waals surface area contributed by atoms with Gasteiger partial charge in [0, 0.05) is 25.2 Å². The Hall–Kier alpha value is -1.29. The zero-order chi connectivity index (χ0) is 10.7. The normalized spacial score (nSPS) is 10.5. The van der Waals surface area contributed by atoms with E-state index in [1.54, 1.807) is 30.1 Å². The molecule has 78 valence electrons. The van der Waals surface area contributed by atoms with E-state index in [-0.39, 0.29) is 5.82 Å². The molecule has 0 bridgehead atoms. The van der Waals surface area contributed by atoms with Crippen molar-refractivity contribution >= 4 is 11.8 Å². The van der Waals surface area contributed by atoms with E-state index in [1.807, 2.05) is 17.8 Å². The zero-order valence-corrected chi connectivity index (χ0v) is 9.17. The van der Waals surface area contributed by atoms with Gasteiger partial charge in [-0.3, -0.25) is 0 Å². The van der Waals surface area contributed by atoms with Crippen LogP contribution in [-0.4, -0.2) is 9.55 Å². The Morgan fingerprint density at radius 1 is 1.33 bits per heavy atom. The first-order valence-electron chi connectivity index (χ1n) is 4.60. The van der Waals surface area contributed by atoms with Crippen LogP contribution in [0, 0.1) is 5.82 Å². The number of imidazole rings is 1. The Bertz CT molecular complexity index is 436. The highest BCUT2D eigenvalue weighted by atomic mass is 32.2. The molecule has 0 aliphatic rings. The van der Waals surface area contributed by atoms with Crippen molar-refractivity contribution < 1.29 is 4.39 Å². The van der Waals surface area contributed by atoms with E-state index >= 15 is 0 Å². The van der Waals surface area contributed by atoms with Crippen LogP contribution < -0.4 is 0 Å². The van der Waals surface area contributed by atoms with Crippen LogP contribution in [-0.2, 0) is 12.8 Å². The maximum atomic E-state index is 12.6. The van der Waals surface area contributed by atoms with Gasteiger partial charge < -0.3 is 4.57 Å². The van der Waals surface area contributed by atoms with E-state index in [2.05, 4.69) is 4.98 Å². The van der Waals surface area contributed by atoms with E-state index in [9.17, 15) is 4.39 Å². The molecular weight excluding hydrogens is 211 g/mol. The predicted molar refractivity (Wildman–Crippen MR) is 59.2 cm³/mol. The molecule has 0 saturated carbocycles. The minimum Gasteiger partial charge on any atom is -0.329 e. The fraction of sp³-hybridized carbons (Fsp3) is 0.182. The van der Waals surface area contributed by atoms with E-state index < -0.39 is 0 Å². The third kappa shape index (κ3) is 2.59. The van der Waals surface area contributed by atoms with Crippen LogP contribution in [0.3, 0.4) is 0 Å². The van der Waals surface area contributed by atoms with Crippen LogP contribution in [0.15, 0.2) is 41.8 Å². The highest BCUT2D eigenvalue weighted by Gasteiger charge is 2.00. The smallest absolute Gasteiger partial charge is 0.167 e. The standard InChI is InChI=1S/C11H11FN2S/c1-14-7-6-13-11(14)15-8-9-2-4-10(12)5-3-9/h2-7H,8H2,1H3. The molecule has 2 nitrogen and oxygen atoms in total. The summed E-state index contributed by atoms with van der Waals surface area (Å²) in [6, 6.07) is 6.55. The van der Waals surface area contributed by atoms with Gasteiger partial charge in [0.2, 0.25) is 0 Å². The Balaban J connectivity index is 1.99. The molecule has 0 aliphatic carbocycles. The first-order valence-corrected chi connectivity index (χ1v) is 5.59. The van der Waals surface area contributed by atoms with Crippen molar-refractivity contribution in [2.24, 2.45) is 7.05 Å². The molecule has 2 rings (SSSR count). The van der Waals surface area contributed by atoms with Gasteiger partial charge in [0.1, 0.15) is 5.82 Å². The van der Waals surface area contributed by atoms with Gasteiger partial charge in [0.15, 0.2) is 5.16 Å². The molecule has 0 spiro atoms. The predicted octanol–water partition coefficient (Wildman–Crippen LogP) is 2.85. The van der Waals surface area contributed by atoms with E-state index in [4.69, 9.17) is 0 Å². The van der Waals surface area contributed by atoms with Gasteiger partial charge in [-0.1, -0.05) is 23.9 Å². The van der Waals surface area contributed by atoms with Crippen molar-refractivity contribution in [1.29, 1.82) is 0 Å². The van der Waals surface area contributed by atoms with Crippen LogP contribution in [0.25, 0.3) is 0 Å². The highest BCUT2D eigenvalue weighted by molar-refractivity contribution is 7.98. The summed E-state index contributed by atoms with van der Waals surface area (Å²) in [5.74, 6) is 0.617. The van der Waals surface area contributed by atoms with Gasteiger partial charge in [-0.05, 0) is 17.7 Å². The molecule has 4 heteroatoms. The van der Waals surface area contributed by atoms with Gasteiger partial charge in [0.05, 0.1) is 0 Å². The third-order valence-electron chi connectivity index (χ3n) is 2.06. The van der Waals surface area contributed by atoms with E-state index in [0.29, 0.717) is 0 Å². The Kier molecular flexibility index (Phi) is 3.06. The number of aromatic nitrogens is 2. The summed E-state index contributed by atoms with van der Waals surface area (Å²) in [5, 5.41) is 0.972. The summed E-state index contributed by atoms with van der Waals surface area (Å²) in [4.78, 5) is 4.20. The summed E-state index contributed by atoms with van der Waals surface area (Å²) in [6.45, 7) is 0. The summed E-state index contributed by atoms with van der Waals surface area (Å²) in [5.41, 5.74) is 1.10. The number of nitrogens with zero attached hydrogens (tertiary/aromatic N) is 2. The highest BCUT2D eigenvalue weighted by Crippen LogP contribution is 2.20. The molecule has 1 heterocycles. The molecule has 15 heavy (non-hydrogen) atoms. The van der Waals surface area contributed by atoms with Gasteiger partial charge in [-0.25, -0.2) is 9.37 Å². The van der Waals surface area contributed by atoms with Crippen molar-refractivity contribution in [2.45, 2.75) is 10.9 Å². The van der Waals surface area contributed by atoms with Crippen molar-refractivity contribution in [1.82, 2.24) is 9.55 Å². The van der Waals surface area contributed by atoms with Gasteiger partial charge >= 0.3 is 0 Å². The van der Waals surface area contributed by atoms with Gasteiger partial charge in [-0.2, -0.15) is 0 Å². The Morgan fingerprint density at radius 3 is 2.67 bits per heavy atom. The van der Waals surface area contributed by atoms with Crippen molar-refractivity contribution in [3.63, 3.8) is 0 Å². The number of hydrogen-bond acceptors (Lipinski definition) is 2. The lowest BCUT2D eigenvalue weighted by molar-refractivity contribution is 0.627. The third-order valence-corrected chi connectivity index (χ3v) is 3.19. The topological polar surface area (TPSA) is 17.8 Å². The molecule has 1 aromatic carbocycles. The molecule has 0 fully saturated rings. The molecule has 0 aliphatic heterocycles. The lowest BCUT2D eigenvalue weighted by atomic mass is 10.2. The minimum atomic E-state index is -0.194. The van der Waals surface area contributed by atoms with Crippen LogP contribution in [0.2, 0.25) is 0 Å². The average molecular weight is 222 g/mol. The van der Waals surface area contributed by atoms with Crippen LogP contribution in [0.1, 0.15) is 5.56 Å². The molecule has 0 amide bonds. The average Bonchev–Trinajstić information content (AvgIpc) is 2.63. The van der Waals surface area contributed by atoms with Crippen LogP contribution >= 0.6 is 11.8 Å². The molecule has 0 N–H and O–H groups in total. The van der Waals surface area contributed by atoms with Crippen LogP contribution in [0.5, 0.6) is 0 Å². The van der Waals surface area contributed by atoms with Gasteiger partial charge in [0.25, 0.3) is 0 Å². The molecule has 0 saturated heterocycles. The second-order valence-corrected chi connectivity index (χ2v) is 4.18. The molecule has 0 unspecified atom stereocenters. The summed E-state index contributed by atoms with van der Waals surface area (Å²) >= 11 is 1.64. The molecule has 1 aromatic heterocycles. The summed E-state index contributed by atoms with van der Waals surface area (Å²) in [6.07, 6.45) is 3.68. The number of rotatable bonds is 3. The molecular formula is C11H11FN2S. The summed E-state index contributed by atoms with van der Waals surface area (Å²) in [7, 11) is 1.96. The molecule has 0 radical (unpaired) electrons. The minimum absolute atomic E-state index is 0.194. The number of halogens is 1. The Labute approximate surface area is 92.1 Å².